The van der Waals surface area contributed by atoms with Crippen LogP contribution in [0, 0.1) is 19.7 Å². The fourth-order valence-electron chi connectivity index (χ4n) is 3.22. The van der Waals surface area contributed by atoms with Gasteiger partial charge in [0.1, 0.15) is 5.82 Å². The lowest BCUT2D eigenvalue weighted by Crippen LogP contribution is -2.12. The second-order valence-electron chi connectivity index (χ2n) is 6.90. The average Bonchev–Trinajstić information content (AvgIpc) is 2.89. The van der Waals surface area contributed by atoms with Crippen molar-refractivity contribution in [3.63, 3.8) is 0 Å². The van der Waals surface area contributed by atoms with Gasteiger partial charge in [0, 0.05) is 25.1 Å². The van der Waals surface area contributed by atoms with Crippen LogP contribution in [-0.4, -0.2) is 18.8 Å². The van der Waals surface area contributed by atoms with Crippen LogP contribution < -0.4 is 5.14 Å². The summed E-state index contributed by atoms with van der Waals surface area (Å²) in [6.07, 6.45) is 0.216. The van der Waals surface area contributed by atoms with E-state index in [0.717, 1.165) is 11.1 Å². The van der Waals surface area contributed by atoms with E-state index in [0.29, 0.717) is 16.8 Å². The highest BCUT2D eigenvalue weighted by atomic mass is 32.2. The Balaban J connectivity index is 1.93. The third-order valence-electron chi connectivity index (χ3n) is 4.79. The highest BCUT2D eigenvalue weighted by Crippen LogP contribution is 2.22. The summed E-state index contributed by atoms with van der Waals surface area (Å²) in [5.41, 5.74) is 3.74. The molecule has 2 aromatic carbocycles. The maximum Gasteiger partial charge on any atom is 0.238 e. The maximum atomic E-state index is 14.6. The standard InChI is InChI=1S/C21H21FN2O3S/c1-13-4-9-17(14(2)10-13)21(25)20-12-18(22)19(24(20)3)11-15-5-7-16(8-6-15)28(23,26)27/h4-10,12H,11H2,1-3H3,(H2,23,26,27). The van der Waals surface area contributed by atoms with Crippen molar-refractivity contribution in [2.45, 2.75) is 25.2 Å². The first kappa shape index (κ1) is 20.0. The zero-order valence-corrected chi connectivity index (χ0v) is 16.7. The fourth-order valence-corrected chi connectivity index (χ4v) is 3.74. The molecule has 3 rings (SSSR count). The van der Waals surface area contributed by atoms with Gasteiger partial charge >= 0.3 is 0 Å². The average molecular weight is 400 g/mol. The molecule has 0 radical (unpaired) electrons. The van der Waals surface area contributed by atoms with Gasteiger partial charge in [-0.3, -0.25) is 4.79 Å². The fraction of sp³-hybridized carbons (Fsp3) is 0.190. The number of carbonyl (C=O) groups is 1. The highest BCUT2D eigenvalue weighted by molar-refractivity contribution is 7.89. The molecule has 0 saturated carbocycles. The SMILES string of the molecule is Cc1ccc(C(=O)c2cc(F)c(Cc3ccc(S(N)(=O)=O)cc3)n2C)c(C)c1. The molecule has 0 atom stereocenters. The minimum absolute atomic E-state index is 0.00526. The van der Waals surface area contributed by atoms with Crippen LogP contribution in [0.2, 0.25) is 0 Å². The van der Waals surface area contributed by atoms with Gasteiger partial charge in [-0.1, -0.05) is 35.9 Å². The van der Waals surface area contributed by atoms with Crippen LogP contribution in [0.3, 0.4) is 0 Å². The third-order valence-corrected chi connectivity index (χ3v) is 5.72. The number of hydrogen-bond donors (Lipinski definition) is 1. The molecule has 0 amide bonds. The van der Waals surface area contributed by atoms with Crippen molar-refractivity contribution in [2.24, 2.45) is 12.2 Å². The number of aromatic nitrogens is 1. The number of halogens is 1. The van der Waals surface area contributed by atoms with Gasteiger partial charge in [0.15, 0.2) is 0 Å². The number of ketones is 1. The van der Waals surface area contributed by atoms with Crippen molar-refractivity contribution in [3.05, 3.63) is 88.0 Å². The number of rotatable bonds is 5. The minimum Gasteiger partial charge on any atom is -0.342 e. The van der Waals surface area contributed by atoms with Crippen LogP contribution in [0.4, 0.5) is 4.39 Å². The van der Waals surface area contributed by atoms with E-state index in [4.69, 9.17) is 5.14 Å². The first-order valence-corrected chi connectivity index (χ1v) is 10.2. The van der Waals surface area contributed by atoms with Gasteiger partial charge in [-0.2, -0.15) is 0 Å². The van der Waals surface area contributed by atoms with E-state index < -0.39 is 15.8 Å². The second kappa shape index (κ2) is 7.33. The van der Waals surface area contributed by atoms with Gasteiger partial charge in [0.2, 0.25) is 15.8 Å². The Morgan fingerprint density at radius 2 is 1.71 bits per heavy atom. The molecule has 0 aliphatic carbocycles. The largest absolute Gasteiger partial charge is 0.342 e. The van der Waals surface area contributed by atoms with Gasteiger partial charge in [-0.15, -0.1) is 0 Å². The van der Waals surface area contributed by atoms with Gasteiger partial charge in [-0.25, -0.2) is 17.9 Å². The number of carbonyl (C=O) groups excluding carboxylic acids is 1. The summed E-state index contributed by atoms with van der Waals surface area (Å²) in [5.74, 6) is -0.721. The Kier molecular flexibility index (Phi) is 5.23. The van der Waals surface area contributed by atoms with Gasteiger partial charge < -0.3 is 4.57 Å². The number of sulfonamides is 1. The molecule has 0 fully saturated rings. The van der Waals surface area contributed by atoms with E-state index in [2.05, 4.69) is 0 Å². The predicted molar refractivity (Wildman–Crippen MR) is 105 cm³/mol. The lowest BCUT2D eigenvalue weighted by atomic mass is 10.0. The zero-order valence-electron chi connectivity index (χ0n) is 15.9. The number of aryl methyl sites for hydroxylation is 2. The molecular weight excluding hydrogens is 379 g/mol. The summed E-state index contributed by atoms with van der Waals surface area (Å²) in [4.78, 5) is 12.9. The van der Waals surface area contributed by atoms with E-state index in [-0.39, 0.29) is 22.8 Å². The van der Waals surface area contributed by atoms with E-state index in [1.54, 1.807) is 29.8 Å². The molecule has 2 N–H and O–H groups in total. The Morgan fingerprint density at radius 1 is 1.07 bits per heavy atom. The van der Waals surface area contributed by atoms with E-state index in [1.165, 1.54) is 18.2 Å². The summed E-state index contributed by atoms with van der Waals surface area (Å²) >= 11 is 0. The van der Waals surface area contributed by atoms with Crippen LogP contribution in [0.25, 0.3) is 0 Å². The molecule has 0 aliphatic heterocycles. The lowest BCUT2D eigenvalue weighted by Gasteiger charge is -2.10. The molecule has 0 bridgehead atoms. The molecule has 3 aromatic rings. The molecule has 1 aromatic heterocycles. The number of nitrogens with zero attached hydrogens (tertiary/aromatic N) is 1. The molecule has 7 heteroatoms. The van der Waals surface area contributed by atoms with Crippen molar-refractivity contribution < 1.29 is 17.6 Å². The van der Waals surface area contributed by atoms with Gasteiger partial charge in [0.05, 0.1) is 16.3 Å². The highest BCUT2D eigenvalue weighted by Gasteiger charge is 2.21. The maximum absolute atomic E-state index is 14.6. The van der Waals surface area contributed by atoms with Crippen LogP contribution in [0.15, 0.2) is 53.4 Å². The Labute approximate surface area is 163 Å². The smallest absolute Gasteiger partial charge is 0.238 e. The van der Waals surface area contributed by atoms with Crippen molar-refractivity contribution >= 4 is 15.8 Å². The van der Waals surface area contributed by atoms with Crippen LogP contribution in [0.5, 0.6) is 0 Å². The van der Waals surface area contributed by atoms with Crippen LogP contribution in [-0.2, 0) is 23.5 Å². The van der Waals surface area contributed by atoms with Gasteiger partial charge in [0.25, 0.3) is 0 Å². The first-order valence-electron chi connectivity index (χ1n) is 8.65. The van der Waals surface area contributed by atoms with Gasteiger partial charge in [-0.05, 0) is 37.1 Å². The molecule has 0 spiro atoms. The van der Waals surface area contributed by atoms with Crippen LogP contribution >= 0.6 is 0 Å². The summed E-state index contributed by atoms with van der Waals surface area (Å²) < 4.78 is 38.8. The monoisotopic (exact) mass is 400 g/mol. The predicted octanol–water partition coefficient (Wildman–Crippen LogP) is 3.25. The Hall–Kier alpha value is -2.77. The number of hydrogen-bond acceptors (Lipinski definition) is 3. The zero-order chi connectivity index (χ0) is 20.6. The van der Waals surface area contributed by atoms with Crippen molar-refractivity contribution in [3.8, 4) is 0 Å². The molecule has 0 unspecified atom stereocenters. The van der Waals surface area contributed by atoms with Crippen LogP contribution in [0.1, 0.15) is 38.4 Å². The topological polar surface area (TPSA) is 82.2 Å². The second-order valence-corrected chi connectivity index (χ2v) is 8.46. The molecule has 0 aliphatic rings. The quantitative estimate of drug-likeness (QED) is 0.668. The molecule has 5 nitrogen and oxygen atoms in total. The minimum atomic E-state index is -3.78. The Morgan fingerprint density at radius 3 is 2.29 bits per heavy atom. The summed E-state index contributed by atoms with van der Waals surface area (Å²) in [5, 5.41) is 5.09. The molecule has 1 heterocycles. The van der Waals surface area contributed by atoms with Crippen molar-refractivity contribution in [1.29, 1.82) is 0 Å². The number of primary sulfonamides is 1. The van der Waals surface area contributed by atoms with Crippen molar-refractivity contribution in [1.82, 2.24) is 4.57 Å². The first-order chi connectivity index (χ1) is 13.1. The molecule has 28 heavy (non-hydrogen) atoms. The Bertz CT molecular complexity index is 1160. The summed E-state index contributed by atoms with van der Waals surface area (Å²) in [6, 6.07) is 12.7. The normalized spacial score (nSPS) is 11.6. The van der Waals surface area contributed by atoms with E-state index >= 15 is 0 Å². The van der Waals surface area contributed by atoms with Crippen molar-refractivity contribution in [2.75, 3.05) is 0 Å². The third kappa shape index (κ3) is 3.90. The lowest BCUT2D eigenvalue weighted by molar-refractivity contribution is 0.103. The molecular formula is C21H21FN2O3S. The number of nitrogens with two attached hydrogens (primary N) is 1. The number of benzene rings is 2. The molecule has 0 saturated heterocycles. The summed E-state index contributed by atoms with van der Waals surface area (Å²) in [7, 11) is -2.13. The van der Waals surface area contributed by atoms with E-state index in [9.17, 15) is 17.6 Å². The molecule has 146 valence electrons. The summed E-state index contributed by atoms with van der Waals surface area (Å²) in [6.45, 7) is 3.80. The van der Waals surface area contributed by atoms with E-state index in [1.807, 2.05) is 26.0 Å².